The molecule has 0 radical (unpaired) electrons. The number of thiazole rings is 1. The van der Waals surface area contributed by atoms with E-state index in [1.807, 2.05) is 18.2 Å². The molecular weight excluding hydrogens is 460 g/mol. The first-order valence-corrected chi connectivity index (χ1v) is 11.7. The summed E-state index contributed by atoms with van der Waals surface area (Å²) in [6.07, 6.45) is 1.96. The second-order valence-electron chi connectivity index (χ2n) is 7.21. The van der Waals surface area contributed by atoms with Gasteiger partial charge in [-0.1, -0.05) is 47.5 Å². The van der Waals surface area contributed by atoms with Crippen molar-refractivity contribution in [2.75, 3.05) is 13.1 Å². The van der Waals surface area contributed by atoms with Gasteiger partial charge in [-0.3, -0.25) is 0 Å². The van der Waals surface area contributed by atoms with Crippen molar-refractivity contribution in [1.29, 1.82) is 0 Å². The fourth-order valence-corrected chi connectivity index (χ4v) is 5.07. The van der Waals surface area contributed by atoms with Crippen molar-refractivity contribution in [3.05, 3.63) is 74.3 Å². The maximum absolute atomic E-state index is 13.8. The number of aromatic nitrogens is 1. The molecule has 2 aromatic carbocycles. The van der Waals surface area contributed by atoms with E-state index in [1.54, 1.807) is 29.5 Å². The third-order valence-electron chi connectivity index (χ3n) is 5.26. The van der Waals surface area contributed by atoms with Gasteiger partial charge in [-0.15, -0.1) is 11.3 Å². The first kappa shape index (κ1) is 21.5. The molecule has 0 aliphatic carbocycles. The number of likely N-dealkylation sites (tertiary alicyclic amines) is 1. The van der Waals surface area contributed by atoms with E-state index in [-0.39, 0.29) is 5.82 Å². The van der Waals surface area contributed by atoms with Gasteiger partial charge in [0.2, 0.25) is 0 Å². The topological polar surface area (TPSA) is 28.2 Å². The lowest BCUT2D eigenvalue weighted by Gasteiger charge is -2.33. The zero-order valence-corrected chi connectivity index (χ0v) is 19.2. The second-order valence-corrected chi connectivity index (χ2v) is 9.30. The lowest BCUT2D eigenvalue weighted by molar-refractivity contribution is 0.309. The fourth-order valence-electron chi connectivity index (χ4n) is 3.52. The van der Waals surface area contributed by atoms with Crippen LogP contribution in [0.15, 0.2) is 47.8 Å². The van der Waals surface area contributed by atoms with E-state index in [0.717, 1.165) is 42.2 Å². The van der Waals surface area contributed by atoms with Crippen LogP contribution in [0.1, 0.15) is 29.3 Å². The van der Waals surface area contributed by atoms with E-state index < -0.39 is 0 Å². The van der Waals surface area contributed by atoms with Gasteiger partial charge >= 0.3 is 0 Å². The summed E-state index contributed by atoms with van der Waals surface area (Å²) in [6, 6.07) is 12.3. The minimum Gasteiger partial charge on any atom is -0.358 e. The smallest absolute Gasteiger partial charge is 0.169 e. The highest BCUT2D eigenvalue weighted by Gasteiger charge is 2.24. The monoisotopic (exact) mass is 479 g/mol. The molecule has 1 aliphatic heterocycles. The van der Waals surface area contributed by atoms with Gasteiger partial charge in [0.15, 0.2) is 5.11 Å². The summed E-state index contributed by atoms with van der Waals surface area (Å²) in [6.45, 7) is 2.11. The molecule has 0 unspecified atom stereocenters. The van der Waals surface area contributed by atoms with Crippen LogP contribution >= 0.6 is 46.8 Å². The van der Waals surface area contributed by atoms with Crippen molar-refractivity contribution in [3.63, 3.8) is 0 Å². The first-order chi connectivity index (χ1) is 14.5. The maximum atomic E-state index is 13.8. The average Bonchev–Trinajstić information content (AvgIpc) is 3.25. The van der Waals surface area contributed by atoms with Crippen LogP contribution in [0.25, 0.3) is 11.3 Å². The SMILES string of the molecule is Fc1ccccc1CNC(=S)N1CCC(c2nc(-c3ccc(Cl)c(Cl)c3)cs2)CC1. The molecule has 0 saturated carbocycles. The molecule has 0 atom stereocenters. The molecule has 8 heteroatoms. The van der Waals surface area contributed by atoms with E-state index in [2.05, 4.69) is 15.6 Å². The minimum absolute atomic E-state index is 0.215. The number of benzene rings is 2. The molecule has 1 saturated heterocycles. The Morgan fingerprint density at radius 3 is 2.67 bits per heavy atom. The van der Waals surface area contributed by atoms with E-state index in [9.17, 15) is 4.39 Å². The van der Waals surface area contributed by atoms with Gasteiger partial charge < -0.3 is 10.2 Å². The molecule has 156 valence electrons. The van der Waals surface area contributed by atoms with Gasteiger partial charge in [0.1, 0.15) is 5.82 Å². The van der Waals surface area contributed by atoms with E-state index >= 15 is 0 Å². The third-order valence-corrected chi connectivity index (χ3v) is 7.41. The summed E-state index contributed by atoms with van der Waals surface area (Å²) in [7, 11) is 0. The minimum atomic E-state index is -0.215. The highest BCUT2D eigenvalue weighted by Crippen LogP contribution is 2.34. The van der Waals surface area contributed by atoms with Crippen LogP contribution in [0.5, 0.6) is 0 Å². The molecule has 1 aliphatic rings. The van der Waals surface area contributed by atoms with Crippen LogP contribution in [0.4, 0.5) is 4.39 Å². The van der Waals surface area contributed by atoms with Crippen LogP contribution in [0.2, 0.25) is 10.0 Å². The quantitative estimate of drug-likeness (QED) is 0.431. The summed E-state index contributed by atoms with van der Waals surface area (Å²) in [5.74, 6) is 0.199. The Morgan fingerprint density at radius 2 is 1.93 bits per heavy atom. The lowest BCUT2D eigenvalue weighted by Crippen LogP contribution is -2.43. The Balaban J connectivity index is 1.32. The van der Waals surface area contributed by atoms with E-state index in [4.69, 9.17) is 40.4 Å². The number of nitrogens with zero attached hydrogens (tertiary/aromatic N) is 2. The standard InChI is InChI=1S/C22H20Cl2FN3S2/c23-17-6-5-15(11-18(17)24)20-13-30-21(27-20)14-7-9-28(10-8-14)22(29)26-12-16-3-1-2-4-19(16)25/h1-6,11,13-14H,7-10,12H2,(H,26,29). The molecule has 3 aromatic rings. The predicted molar refractivity (Wildman–Crippen MR) is 127 cm³/mol. The second kappa shape index (κ2) is 9.60. The van der Waals surface area contributed by atoms with Crippen molar-refractivity contribution < 1.29 is 4.39 Å². The number of hydrogen-bond acceptors (Lipinski definition) is 3. The van der Waals surface area contributed by atoms with Gasteiger partial charge in [-0.05, 0) is 43.3 Å². The van der Waals surface area contributed by atoms with Crippen LogP contribution < -0.4 is 5.32 Å². The Kier molecular flexibility index (Phi) is 6.88. The Hall–Kier alpha value is -1.73. The number of thiocarbonyl (C=S) groups is 1. The molecule has 2 heterocycles. The largest absolute Gasteiger partial charge is 0.358 e. The van der Waals surface area contributed by atoms with Crippen molar-refractivity contribution >= 4 is 51.9 Å². The molecule has 1 fully saturated rings. The molecule has 0 bridgehead atoms. The number of piperidine rings is 1. The zero-order valence-electron chi connectivity index (χ0n) is 16.1. The van der Waals surface area contributed by atoms with E-state index in [1.165, 1.54) is 6.07 Å². The van der Waals surface area contributed by atoms with Crippen LogP contribution in [0.3, 0.4) is 0 Å². The summed E-state index contributed by atoms with van der Waals surface area (Å²) in [5.41, 5.74) is 2.52. The number of nitrogens with one attached hydrogen (secondary N) is 1. The fraction of sp³-hybridized carbons (Fsp3) is 0.273. The van der Waals surface area contributed by atoms with Crippen molar-refractivity contribution in [2.45, 2.75) is 25.3 Å². The summed E-state index contributed by atoms with van der Waals surface area (Å²) in [4.78, 5) is 6.99. The number of rotatable bonds is 4. The normalized spacial score (nSPS) is 14.7. The lowest BCUT2D eigenvalue weighted by atomic mass is 9.98. The zero-order chi connectivity index (χ0) is 21.1. The average molecular weight is 480 g/mol. The molecule has 1 aromatic heterocycles. The van der Waals surface area contributed by atoms with Gasteiger partial charge in [0, 0.05) is 42.1 Å². The molecule has 3 nitrogen and oxygen atoms in total. The molecule has 1 N–H and O–H groups in total. The Labute approximate surface area is 194 Å². The molecule has 0 amide bonds. The predicted octanol–water partition coefficient (Wildman–Crippen LogP) is 6.51. The maximum Gasteiger partial charge on any atom is 0.169 e. The Morgan fingerprint density at radius 1 is 1.17 bits per heavy atom. The van der Waals surface area contributed by atoms with Crippen LogP contribution in [-0.4, -0.2) is 28.1 Å². The van der Waals surface area contributed by atoms with Crippen LogP contribution in [0, 0.1) is 5.82 Å². The van der Waals surface area contributed by atoms with Gasteiger partial charge in [-0.25, -0.2) is 9.37 Å². The summed E-state index contributed by atoms with van der Waals surface area (Å²) in [5, 5.41) is 8.14. The van der Waals surface area contributed by atoms with Gasteiger partial charge in [0.25, 0.3) is 0 Å². The van der Waals surface area contributed by atoms with Crippen molar-refractivity contribution in [3.8, 4) is 11.3 Å². The molecule has 4 rings (SSSR count). The first-order valence-electron chi connectivity index (χ1n) is 9.68. The highest BCUT2D eigenvalue weighted by molar-refractivity contribution is 7.80. The van der Waals surface area contributed by atoms with Crippen molar-refractivity contribution in [2.24, 2.45) is 0 Å². The Bertz CT molecular complexity index is 1050. The summed E-state index contributed by atoms with van der Waals surface area (Å²) < 4.78 is 13.8. The third kappa shape index (κ3) is 4.94. The molecular formula is C22H20Cl2FN3S2. The highest BCUT2D eigenvalue weighted by atomic mass is 35.5. The van der Waals surface area contributed by atoms with Gasteiger partial charge in [-0.2, -0.15) is 0 Å². The van der Waals surface area contributed by atoms with Crippen molar-refractivity contribution in [1.82, 2.24) is 15.2 Å². The number of hydrogen-bond donors (Lipinski definition) is 1. The summed E-state index contributed by atoms with van der Waals surface area (Å²) >= 11 is 19.4. The molecule has 0 spiro atoms. The molecule has 30 heavy (non-hydrogen) atoms. The van der Waals surface area contributed by atoms with Crippen LogP contribution in [-0.2, 0) is 6.54 Å². The van der Waals surface area contributed by atoms with E-state index in [0.29, 0.717) is 33.2 Å². The van der Waals surface area contributed by atoms with Gasteiger partial charge in [0.05, 0.1) is 20.7 Å². The number of halogens is 3.